The number of carbonyl (C=O) groups is 1. The van der Waals surface area contributed by atoms with E-state index in [1.807, 2.05) is 20.8 Å². The van der Waals surface area contributed by atoms with Crippen molar-refractivity contribution in [1.29, 1.82) is 0 Å². The van der Waals surface area contributed by atoms with Crippen LogP contribution >= 0.6 is 0 Å². The van der Waals surface area contributed by atoms with Crippen LogP contribution < -0.4 is 5.32 Å². The number of nitrogens with one attached hydrogen (secondary N) is 1. The Balaban J connectivity index is 2.07. The second-order valence-corrected chi connectivity index (χ2v) is 5.38. The van der Waals surface area contributed by atoms with Gasteiger partial charge < -0.3 is 19.9 Å². The summed E-state index contributed by atoms with van der Waals surface area (Å²) in [7, 11) is 0. The van der Waals surface area contributed by atoms with E-state index < -0.39 is 5.60 Å². The molecule has 0 aromatic heterocycles. The third-order valence-electron chi connectivity index (χ3n) is 2.47. The Hall–Kier alpha value is -0.810. The van der Waals surface area contributed by atoms with Crippen LogP contribution in [-0.2, 0) is 9.47 Å². The molecule has 0 unspecified atom stereocenters. The van der Waals surface area contributed by atoms with E-state index in [1.165, 1.54) is 0 Å². The fourth-order valence-electron chi connectivity index (χ4n) is 1.61. The van der Waals surface area contributed by atoms with E-state index in [-0.39, 0.29) is 24.8 Å². The normalized spacial score (nSPS) is 24.0. The number of ether oxygens (including phenoxy) is 2. The minimum atomic E-state index is -0.454. The fourth-order valence-corrected chi connectivity index (χ4v) is 1.61. The van der Waals surface area contributed by atoms with Crippen molar-refractivity contribution in [3.63, 3.8) is 0 Å². The van der Waals surface area contributed by atoms with Gasteiger partial charge in [0.2, 0.25) is 0 Å². The van der Waals surface area contributed by atoms with E-state index in [0.29, 0.717) is 13.0 Å². The molecular formula is C12H23NO4. The Kier molecular flexibility index (Phi) is 5.21. The van der Waals surface area contributed by atoms with Gasteiger partial charge in [0, 0.05) is 19.3 Å². The first-order chi connectivity index (χ1) is 7.90. The smallest absolute Gasteiger partial charge is 0.407 e. The van der Waals surface area contributed by atoms with Crippen LogP contribution in [0.5, 0.6) is 0 Å². The maximum absolute atomic E-state index is 11.4. The molecule has 2 N–H and O–H groups in total. The first kappa shape index (κ1) is 14.3. The van der Waals surface area contributed by atoms with Gasteiger partial charge in [-0.3, -0.25) is 0 Å². The largest absolute Gasteiger partial charge is 0.444 e. The second kappa shape index (κ2) is 6.21. The Morgan fingerprint density at radius 3 is 2.59 bits per heavy atom. The average Bonchev–Trinajstić information content (AvgIpc) is 2.10. The summed E-state index contributed by atoms with van der Waals surface area (Å²) in [5.74, 6) is 0. The molecule has 0 spiro atoms. The zero-order valence-corrected chi connectivity index (χ0v) is 10.9. The van der Waals surface area contributed by atoms with Crippen LogP contribution in [0.2, 0.25) is 0 Å². The first-order valence-electron chi connectivity index (χ1n) is 6.12. The molecule has 0 aromatic carbocycles. The van der Waals surface area contributed by atoms with Crippen molar-refractivity contribution in [2.75, 3.05) is 13.2 Å². The van der Waals surface area contributed by atoms with Crippen molar-refractivity contribution in [1.82, 2.24) is 5.32 Å². The molecule has 1 amide bonds. The molecule has 0 atom stereocenters. The topological polar surface area (TPSA) is 67.8 Å². The zero-order chi connectivity index (χ0) is 12.9. The van der Waals surface area contributed by atoms with E-state index in [0.717, 1.165) is 12.8 Å². The van der Waals surface area contributed by atoms with Crippen LogP contribution in [0.1, 0.15) is 40.0 Å². The second-order valence-electron chi connectivity index (χ2n) is 5.38. The van der Waals surface area contributed by atoms with Crippen LogP contribution in [0.15, 0.2) is 0 Å². The van der Waals surface area contributed by atoms with Crippen LogP contribution in [0, 0.1) is 0 Å². The Labute approximate surface area is 102 Å². The molecule has 1 fully saturated rings. The Bertz CT molecular complexity index is 243. The van der Waals surface area contributed by atoms with Crippen LogP contribution in [0.4, 0.5) is 4.79 Å². The number of amides is 1. The van der Waals surface area contributed by atoms with Crippen molar-refractivity contribution in [2.45, 2.75) is 57.8 Å². The minimum absolute atomic E-state index is 0.156. The highest BCUT2D eigenvalue weighted by Gasteiger charge is 2.32. The highest BCUT2D eigenvalue weighted by Crippen LogP contribution is 2.23. The van der Waals surface area contributed by atoms with Gasteiger partial charge in [0.25, 0.3) is 0 Å². The number of rotatable bonds is 5. The summed E-state index contributed by atoms with van der Waals surface area (Å²) < 4.78 is 10.6. The fraction of sp³-hybridized carbons (Fsp3) is 0.917. The monoisotopic (exact) mass is 245 g/mol. The summed E-state index contributed by atoms with van der Waals surface area (Å²) in [6, 6.07) is 0.156. The SMILES string of the molecule is CC(C)(C)OC(=O)N[C@H]1C[C@H](OCCCO)C1. The van der Waals surface area contributed by atoms with Gasteiger partial charge in [0.1, 0.15) is 5.60 Å². The molecule has 1 rings (SSSR count). The lowest BCUT2D eigenvalue weighted by molar-refractivity contribution is -0.0238. The van der Waals surface area contributed by atoms with E-state index in [4.69, 9.17) is 14.6 Å². The lowest BCUT2D eigenvalue weighted by Crippen LogP contribution is -2.49. The van der Waals surface area contributed by atoms with Crippen molar-refractivity contribution in [2.24, 2.45) is 0 Å². The molecule has 0 saturated heterocycles. The summed E-state index contributed by atoms with van der Waals surface area (Å²) in [5, 5.41) is 11.4. The maximum atomic E-state index is 11.4. The van der Waals surface area contributed by atoms with Gasteiger partial charge in [-0.15, -0.1) is 0 Å². The molecule has 1 aliphatic carbocycles. The highest BCUT2D eigenvalue weighted by molar-refractivity contribution is 5.68. The minimum Gasteiger partial charge on any atom is -0.444 e. The van der Waals surface area contributed by atoms with Crippen molar-refractivity contribution < 1.29 is 19.4 Å². The standard InChI is InChI=1S/C12H23NO4/c1-12(2,3)17-11(15)13-9-7-10(8-9)16-6-4-5-14/h9-10,14H,4-8H2,1-3H3,(H,13,15)/t9-,10-. The third-order valence-corrected chi connectivity index (χ3v) is 2.47. The Morgan fingerprint density at radius 2 is 2.06 bits per heavy atom. The Morgan fingerprint density at radius 1 is 1.41 bits per heavy atom. The maximum Gasteiger partial charge on any atom is 0.407 e. The van der Waals surface area contributed by atoms with Crippen molar-refractivity contribution >= 4 is 6.09 Å². The molecule has 0 aromatic rings. The number of aliphatic hydroxyl groups is 1. The highest BCUT2D eigenvalue weighted by atomic mass is 16.6. The van der Waals surface area contributed by atoms with Crippen LogP contribution in [-0.4, -0.2) is 42.2 Å². The summed E-state index contributed by atoms with van der Waals surface area (Å²) in [6.45, 7) is 6.27. The van der Waals surface area contributed by atoms with Crippen molar-refractivity contribution in [3.05, 3.63) is 0 Å². The van der Waals surface area contributed by atoms with Gasteiger partial charge in [-0.2, -0.15) is 0 Å². The number of hydrogen-bond acceptors (Lipinski definition) is 4. The predicted molar refractivity (Wildman–Crippen MR) is 63.8 cm³/mol. The summed E-state index contributed by atoms with van der Waals surface area (Å²) in [6.07, 6.45) is 2.16. The van der Waals surface area contributed by atoms with Gasteiger partial charge in [-0.05, 0) is 40.0 Å². The van der Waals surface area contributed by atoms with Gasteiger partial charge in [-0.1, -0.05) is 0 Å². The molecule has 0 radical (unpaired) electrons. The van der Waals surface area contributed by atoms with Crippen molar-refractivity contribution in [3.8, 4) is 0 Å². The van der Waals surface area contributed by atoms with E-state index in [1.54, 1.807) is 0 Å². The number of hydrogen-bond donors (Lipinski definition) is 2. The number of alkyl carbamates (subject to hydrolysis) is 1. The van der Waals surface area contributed by atoms with E-state index in [9.17, 15) is 4.79 Å². The van der Waals surface area contributed by atoms with Gasteiger partial charge in [0.05, 0.1) is 6.10 Å². The van der Waals surface area contributed by atoms with E-state index in [2.05, 4.69) is 5.32 Å². The molecule has 0 heterocycles. The zero-order valence-electron chi connectivity index (χ0n) is 10.9. The summed E-state index contributed by atoms with van der Waals surface area (Å²) in [4.78, 5) is 11.4. The molecule has 5 nitrogen and oxygen atoms in total. The lowest BCUT2D eigenvalue weighted by atomic mass is 9.89. The molecule has 5 heteroatoms. The molecule has 0 bridgehead atoms. The number of aliphatic hydroxyl groups excluding tert-OH is 1. The van der Waals surface area contributed by atoms with Gasteiger partial charge in [0.15, 0.2) is 0 Å². The summed E-state index contributed by atoms with van der Waals surface area (Å²) >= 11 is 0. The van der Waals surface area contributed by atoms with Crippen LogP contribution in [0.25, 0.3) is 0 Å². The van der Waals surface area contributed by atoms with Crippen LogP contribution in [0.3, 0.4) is 0 Å². The molecule has 1 aliphatic rings. The van der Waals surface area contributed by atoms with E-state index >= 15 is 0 Å². The molecule has 0 aliphatic heterocycles. The van der Waals surface area contributed by atoms with Gasteiger partial charge >= 0.3 is 6.09 Å². The first-order valence-corrected chi connectivity index (χ1v) is 6.12. The van der Waals surface area contributed by atoms with Gasteiger partial charge in [-0.25, -0.2) is 4.79 Å². The number of carbonyl (C=O) groups excluding carboxylic acids is 1. The molecular weight excluding hydrogens is 222 g/mol. The quantitative estimate of drug-likeness (QED) is 0.719. The average molecular weight is 245 g/mol. The predicted octanol–water partition coefficient (Wildman–Crippen LogP) is 1.44. The summed E-state index contributed by atoms with van der Waals surface area (Å²) in [5.41, 5.74) is -0.454. The lowest BCUT2D eigenvalue weighted by Gasteiger charge is -2.35. The molecule has 17 heavy (non-hydrogen) atoms. The molecule has 1 saturated carbocycles. The molecule has 100 valence electrons. The third kappa shape index (κ3) is 5.89.